The topological polar surface area (TPSA) is 72.8 Å². The largest absolute Gasteiger partial charge is 0.470 e. The Morgan fingerprint density at radius 2 is 2.27 bits per heavy atom. The second kappa shape index (κ2) is 8.43. The van der Waals surface area contributed by atoms with Crippen LogP contribution in [0.5, 0.6) is 5.75 Å². The van der Waals surface area contributed by atoms with Crippen molar-refractivity contribution in [1.82, 2.24) is 10.3 Å². The van der Waals surface area contributed by atoms with Crippen molar-refractivity contribution in [3.8, 4) is 5.75 Å². The molecule has 8 heteroatoms. The second-order valence-corrected chi connectivity index (χ2v) is 8.25. The van der Waals surface area contributed by atoms with Gasteiger partial charge in [-0.2, -0.15) is 0 Å². The normalized spacial score (nSPS) is 16.9. The summed E-state index contributed by atoms with van der Waals surface area (Å²) >= 11 is 3.58. The number of aromatic nitrogens is 1. The number of fused-ring (bicyclic) bond motifs is 1. The predicted octanol–water partition coefficient (Wildman–Crippen LogP) is 3.58. The SMILES string of the molecule is CON=CC1(NC(=O)C(Oc2ccc3ncc(I)cc3c2)SC)CCC1. The first-order chi connectivity index (χ1) is 12.5. The summed E-state index contributed by atoms with van der Waals surface area (Å²) < 4.78 is 6.99. The van der Waals surface area contributed by atoms with Crippen LogP contribution in [-0.4, -0.2) is 41.4 Å². The highest BCUT2D eigenvalue weighted by atomic mass is 127. The summed E-state index contributed by atoms with van der Waals surface area (Å²) in [6, 6.07) is 7.68. The van der Waals surface area contributed by atoms with Crippen molar-refractivity contribution in [2.45, 2.75) is 30.2 Å². The number of benzene rings is 1. The zero-order chi connectivity index (χ0) is 18.6. The van der Waals surface area contributed by atoms with Crippen molar-refractivity contribution < 1.29 is 14.4 Å². The van der Waals surface area contributed by atoms with Crippen molar-refractivity contribution in [2.75, 3.05) is 13.4 Å². The Kier molecular flexibility index (Phi) is 6.23. The van der Waals surface area contributed by atoms with Crippen molar-refractivity contribution in [3.05, 3.63) is 34.0 Å². The Hall–Kier alpha value is -1.55. The van der Waals surface area contributed by atoms with Crippen LogP contribution in [-0.2, 0) is 9.63 Å². The van der Waals surface area contributed by atoms with Crippen LogP contribution in [0.15, 0.2) is 35.6 Å². The Bertz CT molecular complexity index is 826. The summed E-state index contributed by atoms with van der Waals surface area (Å²) in [7, 11) is 1.49. The van der Waals surface area contributed by atoms with Gasteiger partial charge in [0.05, 0.1) is 17.3 Å². The maximum atomic E-state index is 12.7. The first-order valence-electron chi connectivity index (χ1n) is 8.20. The van der Waals surface area contributed by atoms with E-state index in [1.807, 2.05) is 36.7 Å². The van der Waals surface area contributed by atoms with Gasteiger partial charge in [0.2, 0.25) is 5.44 Å². The molecule has 1 aliphatic carbocycles. The quantitative estimate of drug-likeness (QED) is 0.281. The lowest BCUT2D eigenvalue weighted by Crippen LogP contribution is -2.57. The van der Waals surface area contributed by atoms with Gasteiger partial charge >= 0.3 is 0 Å². The van der Waals surface area contributed by atoms with Crippen molar-refractivity contribution in [3.63, 3.8) is 0 Å². The lowest BCUT2D eigenvalue weighted by Gasteiger charge is -2.39. The maximum Gasteiger partial charge on any atom is 0.272 e. The van der Waals surface area contributed by atoms with E-state index in [4.69, 9.17) is 9.57 Å². The van der Waals surface area contributed by atoms with E-state index in [0.717, 1.165) is 33.7 Å². The Labute approximate surface area is 170 Å². The minimum atomic E-state index is -0.642. The summed E-state index contributed by atoms with van der Waals surface area (Å²) in [6.45, 7) is 0. The van der Waals surface area contributed by atoms with Gasteiger partial charge in [-0.05, 0) is 72.4 Å². The number of hydrogen-bond donors (Lipinski definition) is 1. The zero-order valence-electron chi connectivity index (χ0n) is 14.6. The molecule has 0 saturated heterocycles. The van der Waals surface area contributed by atoms with Crippen molar-refractivity contribution in [2.24, 2.45) is 5.16 Å². The van der Waals surface area contributed by atoms with E-state index in [1.54, 1.807) is 6.21 Å². The molecule has 138 valence electrons. The molecule has 3 rings (SSSR count). The van der Waals surface area contributed by atoms with E-state index in [0.29, 0.717) is 5.75 Å². The second-order valence-electron chi connectivity index (χ2n) is 6.11. The van der Waals surface area contributed by atoms with E-state index in [-0.39, 0.29) is 5.91 Å². The van der Waals surface area contributed by atoms with E-state index >= 15 is 0 Å². The van der Waals surface area contributed by atoms with Gasteiger partial charge in [0, 0.05) is 15.2 Å². The molecule has 1 amide bonds. The molecular weight excluding hydrogens is 465 g/mol. The average Bonchev–Trinajstić information content (AvgIpc) is 2.61. The fraction of sp³-hybridized carbons (Fsp3) is 0.389. The molecule has 1 atom stereocenters. The summed E-state index contributed by atoms with van der Waals surface area (Å²) in [6.07, 6.45) is 8.11. The van der Waals surface area contributed by atoms with Gasteiger partial charge in [0.1, 0.15) is 12.9 Å². The van der Waals surface area contributed by atoms with Crippen LogP contribution in [0, 0.1) is 3.57 Å². The molecule has 6 nitrogen and oxygen atoms in total. The third-order valence-electron chi connectivity index (χ3n) is 4.31. The minimum Gasteiger partial charge on any atom is -0.470 e. The van der Waals surface area contributed by atoms with Crippen LogP contribution < -0.4 is 10.1 Å². The van der Waals surface area contributed by atoms with Crippen LogP contribution >= 0.6 is 34.4 Å². The summed E-state index contributed by atoms with van der Waals surface area (Å²) in [5.74, 6) is 0.477. The highest BCUT2D eigenvalue weighted by Gasteiger charge is 2.39. The molecule has 0 spiro atoms. The fourth-order valence-electron chi connectivity index (χ4n) is 2.79. The van der Waals surface area contributed by atoms with Crippen molar-refractivity contribution >= 4 is 57.4 Å². The highest BCUT2D eigenvalue weighted by molar-refractivity contribution is 14.1. The van der Waals surface area contributed by atoms with E-state index in [2.05, 4.69) is 38.0 Å². The van der Waals surface area contributed by atoms with Gasteiger partial charge < -0.3 is 14.9 Å². The maximum absolute atomic E-state index is 12.7. The fourth-order valence-corrected chi connectivity index (χ4v) is 3.75. The van der Waals surface area contributed by atoms with Gasteiger partial charge in [0.15, 0.2) is 0 Å². The van der Waals surface area contributed by atoms with Gasteiger partial charge in [-0.25, -0.2) is 0 Å². The molecule has 1 fully saturated rings. The molecule has 1 saturated carbocycles. The minimum absolute atomic E-state index is 0.166. The summed E-state index contributed by atoms with van der Waals surface area (Å²) in [5, 5.41) is 7.87. The first-order valence-corrected chi connectivity index (χ1v) is 10.6. The monoisotopic (exact) mass is 485 g/mol. The van der Waals surface area contributed by atoms with Crippen LogP contribution in [0.4, 0.5) is 0 Å². The van der Waals surface area contributed by atoms with Crippen molar-refractivity contribution in [1.29, 1.82) is 0 Å². The molecule has 1 heterocycles. The number of oxime groups is 1. The summed E-state index contributed by atoms with van der Waals surface area (Å²) in [4.78, 5) is 21.8. The van der Waals surface area contributed by atoms with Gasteiger partial charge in [-0.15, -0.1) is 11.8 Å². The number of hydrogen-bond acceptors (Lipinski definition) is 6. The van der Waals surface area contributed by atoms with Crippen LogP contribution in [0.1, 0.15) is 19.3 Å². The molecule has 0 radical (unpaired) electrons. The smallest absolute Gasteiger partial charge is 0.272 e. The molecule has 1 unspecified atom stereocenters. The number of amides is 1. The molecule has 1 aliphatic rings. The Morgan fingerprint density at radius 1 is 1.46 bits per heavy atom. The number of nitrogens with zero attached hydrogens (tertiary/aromatic N) is 2. The number of carbonyl (C=O) groups excluding carboxylic acids is 1. The highest BCUT2D eigenvalue weighted by Crippen LogP contribution is 2.31. The third kappa shape index (κ3) is 4.40. The Morgan fingerprint density at radius 3 is 2.92 bits per heavy atom. The summed E-state index contributed by atoms with van der Waals surface area (Å²) in [5.41, 5.74) is -0.169. The number of carbonyl (C=O) groups is 1. The van der Waals surface area contributed by atoms with Crippen LogP contribution in [0.25, 0.3) is 10.9 Å². The standard InChI is InChI=1S/C18H20IN3O3S/c1-24-21-11-18(6-3-7-18)22-16(23)17(26-2)25-14-4-5-15-12(9-14)8-13(19)10-20-15/h4-5,8-11,17H,3,6-7H2,1-2H3,(H,22,23). The lowest BCUT2D eigenvalue weighted by atomic mass is 9.78. The lowest BCUT2D eigenvalue weighted by molar-refractivity contribution is -0.126. The zero-order valence-corrected chi connectivity index (χ0v) is 17.5. The molecule has 0 aliphatic heterocycles. The molecular formula is C18H20IN3O3S. The Balaban J connectivity index is 1.72. The van der Waals surface area contributed by atoms with Crippen LogP contribution in [0.3, 0.4) is 0 Å². The molecule has 26 heavy (non-hydrogen) atoms. The molecule has 0 bridgehead atoms. The van der Waals surface area contributed by atoms with Gasteiger partial charge in [-0.1, -0.05) is 5.16 Å². The van der Waals surface area contributed by atoms with Crippen LogP contribution in [0.2, 0.25) is 0 Å². The number of rotatable bonds is 7. The van der Waals surface area contributed by atoms with Gasteiger partial charge in [-0.3, -0.25) is 9.78 Å². The average molecular weight is 485 g/mol. The molecule has 1 aromatic carbocycles. The number of pyridine rings is 1. The number of nitrogens with one attached hydrogen (secondary N) is 1. The molecule has 1 N–H and O–H groups in total. The van der Waals surface area contributed by atoms with E-state index in [1.165, 1.54) is 18.9 Å². The number of thioether (sulfide) groups is 1. The first kappa shape index (κ1) is 19.2. The van der Waals surface area contributed by atoms with E-state index in [9.17, 15) is 4.79 Å². The molecule has 2 aromatic rings. The predicted molar refractivity (Wildman–Crippen MR) is 113 cm³/mol. The number of ether oxygens (including phenoxy) is 1. The number of halogens is 1. The third-order valence-corrected chi connectivity index (χ3v) is 5.64. The van der Waals surface area contributed by atoms with E-state index < -0.39 is 11.0 Å². The molecule has 1 aromatic heterocycles. The van der Waals surface area contributed by atoms with Gasteiger partial charge in [0.25, 0.3) is 5.91 Å².